The topological polar surface area (TPSA) is 62.2 Å². The van der Waals surface area contributed by atoms with Gasteiger partial charge < -0.3 is 24.6 Å². The summed E-state index contributed by atoms with van der Waals surface area (Å²) < 4.78 is 10.1. The molecule has 0 aromatic heterocycles. The lowest BCUT2D eigenvalue weighted by atomic mass is 9.98. The van der Waals surface area contributed by atoms with E-state index in [4.69, 9.17) is 14.6 Å². The van der Waals surface area contributed by atoms with Crippen LogP contribution in [-0.4, -0.2) is 74.4 Å². The van der Waals surface area contributed by atoms with Crippen LogP contribution in [0.3, 0.4) is 0 Å². The zero-order chi connectivity index (χ0) is 12.5. The molecule has 0 radical (unpaired) electrons. The van der Waals surface area contributed by atoms with E-state index in [1.165, 1.54) is 0 Å². The molecule has 1 aliphatic rings. The normalized spacial score (nSPS) is 20.6. The van der Waals surface area contributed by atoms with E-state index >= 15 is 0 Å². The number of likely N-dealkylation sites (tertiary alicyclic amines) is 1. The number of nitrogens with zero attached hydrogens (tertiary/aromatic N) is 1. The first-order valence-electron chi connectivity index (χ1n) is 6.34. The Hall–Kier alpha value is -0.200. The lowest BCUT2D eigenvalue weighted by molar-refractivity contribution is -0.00592. The van der Waals surface area contributed by atoms with Gasteiger partial charge in [0.1, 0.15) is 0 Å². The Balaban J connectivity index is 2.04. The Kier molecular flexibility index (Phi) is 7.72. The maximum Gasteiger partial charge on any atom is 0.0900 e. The molecular weight excluding hydrogens is 222 g/mol. The van der Waals surface area contributed by atoms with Gasteiger partial charge in [-0.05, 0) is 31.8 Å². The largest absolute Gasteiger partial charge is 0.396 e. The molecule has 1 rings (SSSR count). The van der Waals surface area contributed by atoms with Crippen molar-refractivity contribution in [1.29, 1.82) is 0 Å². The first kappa shape index (κ1) is 14.9. The molecule has 5 nitrogen and oxygen atoms in total. The molecule has 0 amide bonds. The molecule has 1 heterocycles. The molecule has 1 fully saturated rings. The van der Waals surface area contributed by atoms with Gasteiger partial charge in [0.15, 0.2) is 0 Å². The molecule has 0 aromatic rings. The summed E-state index contributed by atoms with van der Waals surface area (Å²) in [6.45, 7) is 4.32. The summed E-state index contributed by atoms with van der Waals surface area (Å²) in [7, 11) is 1.63. The monoisotopic (exact) mass is 247 g/mol. The minimum Gasteiger partial charge on any atom is -0.396 e. The Bertz CT molecular complexity index is 183. The Labute approximate surface area is 103 Å². The van der Waals surface area contributed by atoms with Crippen molar-refractivity contribution in [2.45, 2.75) is 18.9 Å². The van der Waals surface area contributed by atoms with Crippen molar-refractivity contribution in [3.8, 4) is 0 Å². The van der Waals surface area contributed by atoms with Crippen molar-refractivity contribution in [3.05, 3.63) is 0 Å². The van der Waals surface area contributed by atoms with Gasteiger partial charge in [0.25, 0.3) is 0 Å². The molecule has 0 bridgehead atoms. The number of hydrogen-bond acceptors (Lipinski definition) is 5. The molecule has 1 atom stereocenters. The van der Waals surface area contributed by atoms with Gasteiger partial charge in [0.05, 0.1) is 25.9 Å². The second-order valence-corrected chi connectivity index (χ2v) is 4.65. The highest BCUT2D eigenvalue weighted by Gasteiger charge is 2.20. The Morgan fingerprint density at radius 1 is 1.29 bits per heavy atom. The van der Waals surface area contributed by atoms with Gasteiger partial charge in [-0.3, -0.25) is 0 Å². The van der Waals surface area contributed by atoms with E-state index in [0.29, 0.717) is 32.3 Å². The number of piperidine rings is 1. The first-order valence-corrected chi connectivity index (χ1v) is 6.34. The summed E-state index contributed by atoms with van der Waals surface area (Å²) in [4.78, 5) is 2.23. The van der Waals surface area contributed by atoms with Crippen molar-refractivity contribution >= 4 is 0 Å². The van der Waals surface area contributed by atoms with Crippen molar-refractivity contribution in [2.24, 2.45) is 5.92 Å². The van der Waals surface area contributed by atoms with Gasteiger partial charge in [-0.1, -0.05) is 0 Å². The fourth-order valence-corrected chi connectivity index (χ4v) is 2.06. The van der Waals surface area contributed by atoms with Gasteiger partial charge >= 0.3 is 0 Å². The molecule has 1 saturated heterocycles. The van der Waals surface area contributed by atoms with Crippen LogP contribution in [0.15, 0.2) is 0 Å². The van der Waals surface area contributed by atoms with E-state index in [9.17, 15) is 5.11 Å². The Morgan fingerprint density at radius 2 is 2.00 bits per heavy atom. The quantitative estimate of drug-likeness (QED) is 0.577. The minimum absolute atomic E-state index is 0.288. The van der Waals surface area contributed by atoms with Gasteiger partial charge in [0, 0.05) is 20.3 Å². The average molecular weight is 247 g/mol. The van der Waals surface area contributed by atoms with E-state index < -0.39 is 6.10 Å². The molecule has 5 heteroatoms. The van der Waals surface area contributed by atoms with E-state index in [0.717, 1.165) is 25.9 Å². The number of methoxy groups -OCH3 is 1. The molecule has 1 aliphatic heterocycles. The van der Waals surface area contributed by atoms with E-state index in [-0.39, 0.29) is 6.61 Å². The van der Waals surface area contributed by atoms with Crippen molar-refractivity contribution in [2.75, 3.05) is 53.2 Å². The van der Waals surface area contributed by atoms with Crippen molar-refractivity contribution < 1.29 is 19.7 Å². The maximum atomic E-state index is 9.77. The summed E-state index contributed by atoms with van der Waals surface area (Å²) in [6, 6.07) is 0. The van der Waals surface area contributed by atoms with Crippen LogP contribution in [0, 0.1) is 5.92 Å². The molecule has 102 valence electrons. The summed E-state index contributed by atoms with van der Waals surface area (Å²) >= 11 is 0. The van der Waals surface area contributed by atoms with Gasteiger partial charge in [-0.15, -0.1) is 0 Å². The zero-order valence-electron chi connectivity index (χ0n) is 10.7. The van der Waals surface area contributed by atoms with Crippen LogP contribution in [0.25, 0.3) is 0 Å². The number of hydrogen-bond donors (Lipinski definition) is 2. The van der Waals surface area contributed by atoms with Gasteiger partial charge in [-0.25, -0.2) is 0 Å². The first-order chi connectivity index (χ1) is 8.26. The predicted molar refractivity (Wildman–Crippen MR) is 65.0 cm³/mol. The fraction of sp³-hybridized carbons (Fsp3) is 1.00. The fourth-order valence-electron chi connectivity index (χ4n) is 2.06. The molecular formula is C12H25NO4. The highest BCUT2D eigenvalue weighted by atomic mass is 16.5. The summed E-state index contributed by atoms with van der Waals surface area (Å²) in [5.74, 6) is 0.446. The third kappa shape index (κ3) is 6.33. The smallest absolute Gasteiger partial charge is 0.0900 e. The van der Waals surface area contributed by atoms with Crippen molar-refractivity contribution in [3.63, 3.8) is 0 Å². The van der Waals surface area contributed by atoms with Crippen LogP contribution in [0.1, 0.15) is 12.8 Å². The molecule has 17 heavy (non-hydrogen) atoms. The van der Waals surface area contributed by atoms with Crippen LogP contribution in [0.5, 0.6) is 0 Å². The third-order valence-electron chi connectivity index (χ3n) is 3.18. The standard InChI is InChI=1S/C12H25NO4/c1-16-6-7-17-10-12(15)8-13-4-2-11(9-14)3-5-13/h11-12,14-15H,2-10H2,1H3. The maximum absolute atomic E-state index is 9.77. The van der Waals surface area contributed by atoms with Crippen LogP contribution in [0.4, 0.5) is 0 Å². The molecule has 0 aliphatic carbocycles. The Morgan fingerprint density at radius 3 is 2.59 bits per heavy atom. The minimum atomic E-state index is -0.433. The van der Waals surface area contributed by atoms with Gasteiger partial charge in [-0.2, -0.15) is 0 Å². The number of rotatable bonds is 8. The lowest BCUT2D eigenvalue weighted by Crippen LogP contribution is -2.40. The van der Waals surface area contributed by atoms with Crippen LogP contribution in [-0.2, 0) is 9.47 Å². The summed E-state index contributed by atoms with van der Waals surface area (Å²) in [6.07, 6.45) is 1.61. The number of β-amino-alcohol motifs (C(OH)–C–C–N with tert-alkyl or cyclic N) is 1. The third-order valence-corrected chi connectivity index (χ3v) is 3.18. The molecule has 1 unspecified atom stereocenters. The molecule has 0 saturated carbocycles. The summed E-state index contributed by atoms with van der Waals surface area (Å²) in [5, 5.41) is 18.8. The van der Waals surface area contributed by atoms with Crippen LogP contribution >= 0.6 is 0 Å². The molecule has 2 N–H and O–H groups in total. The second kappa shape index (κ2) is 8.83. The van der Waals surface area contributed by atoms with E-state index in [1.807, 2.05) is 0 Å². The highest BCUT2D eigenvalue weighted by molar-refractivity contribution is 4.73. The zero-order valence-corrected chi connectivity index (χ0v) is 10.7. The molecule has 0 spiro atoms. The van der Waals surface area contributed by atoms with Crippen molar-refractivity contribution in [1.82, 2.24) is 4.90 Å². The van der Waals surface area contributed by atoms with Gasteiger partial charge in [0.2, 0.25) is 0 Å². The summed E-state index contributed by atoms with van der Waals surface area (Å²) in [5.41, 5.74) is 0. The second-order valence-electron chi connectivity index (χ2n) is 4.65. The lowest BCUT2D eigenvalue weighted by Gasteiger charge is -2.32. The number of ether oxygens (including phenoxy) is 2. The van der Waals surface area contributed by atoms with E-state index in [2.05, 4.69) is 4.90 Å². The average Bonchev–Trinajstić information content (AvgIpc) is 2.36. The van der Waals surface area contributed by atoms with E-state index in [1.54, 1.807) is 7.11 Å². The number of aliphatic hydroxyl groups is 2. The molecule has 0 aromatic carbocycles. The van der Waals surface area contributed by atoms with Crippen LogP contribution < -0.4 is 0 Å². The SMILES string of the molecule is COCCOCC(O)CN1CCC(CO)CC1. The number of aliphatic hydroxyl groups excluding tert-OH is 2. The highest BCUT2D eigenvalue weighted by Crippen LogP contribution is 2.16. The predicted octanol–water partition coefficient (Wildman–Crippen LogP) is -0.285. The van der Waals surface area contributed by atoms with Crippen LogP contribution in [0.2, 0.25) is 0 Å².